The van der Waals surface area contributed by atoms with Gasteiger partial charge in [-0.3, -0.25) is 14.5 Å². The van der Waals surface area contributed by atoms with Crippen LogP contribution in [0.2, 0.25) is 0 Å². The van der Waals surface area contributed by atoms with Crippen LogP contribution in [0.15, 0.2) is 66.7 Å². The van der Waals surface area contributed by atoms with Gasteiger partial charge in [-0.25, -0.2) is 4.68 Å². The lowest BCUT2D eigenvalue weighted by Crippen LogP contribution is -2.47. The number of carbonyl (C=O) groups excluding carboxylic acids is 2. The number of carbonyl (C=O) groups is 2. The quantitative estimate of drug-likeness (QED) is 0.342. The molecule has 39 heavy (non-hydrogen) atoms. The normalized spacial score (nSPS) is 14.2. The highest BCUT2D eigenvalue weighted by Crippen LogP contribution is 2.34. The minimum atomic E-state index is -0.973. The van der Waals surface area contributed by atoms with E-state index < -0.39 is 6.04 Å². The molecule has 1 aliphatic rings. The molecule has 202 valence electrons. The van der Waals surface area contributed by atoms with Crippen LogP contribution in [0.5, 0.6) is 11.5 Å². The van der Waals surface area contributed by atoms with Crippen LogP contribution < -0.4 is 19.7 Å². The van der Waals surface area contributed by atoms with Crippen LogP contribution in [0.1, 0.15) is 42.9 Å². The standard InChI is InChI=1S/C30H33N5O4/c1-20-9-8-12-23(15-20)35(28(36)19-34-27-14-7-6-13-26(27)32-33-34)29(30(37)31-22-10-4-5-11-22)21-16-24(38-2)18-25(17-21)39-3/h6-9,12-18,22,29H,4-5,10-11,19H2,1-3H3,(H,31,37)/t29-/m0/s1. The number of aryl methyl sites for hydroxylation is 1. The summed E-state index contributed by atoms with van der Waals surface area (Å²) in [5, 5.41) is 11.6. The van der Waals surface area contributed by atoms with Crippen molar-refractivity contribution < 1.29 is 19.1 Å². The van der Waals surface area contributed by atoms with E-state index in [2.05, 4.69) is 15.6 Å². The molecule has 0 aliphatic heterocycles. The van der Waals surface area contributed by atoms with Crippen molar-refractivity contribution in [1.82, 2.24) is 20.3 Å². The summed E-state index contributed by atoms with van der Waals surface area (Å²) >= 11 is 0. The number of nitrogens with zero attached hydrogens (tertiary/aromatic N) is 4. The number of amides is 2. The third-order valence-corrected chi connectivity index (χ3v) is 7.15. The zero-order valence-corrected chi connectivity index (χ0v) is 22.5. The van der Waals surface area contributed by atoms with E-state index in [1.165, 1.54) is 0 Å². The third-order valence-electron chi connectivity index (χ3n) is 7.15. The van der Waals surface area contributed by atoms with E-state index in [0.717, 1.165) is 36.8 Å². The molecule has 1 atom stereocenters. The predicted molar refractivity (Wildman–Crippen MR) is 149 cm³/mol. The Labute approximate surface area is 227 Å². The van der Waals surface area contributed by atoms with Crippen molar-refractivity contribution in [2.24, 2.45) is 0 Å². The molecule has 0 radical (unpaired) electrons. The summed E-state index contributed by atoms with van der Waals surface area (Å²) < 4.78 is 12.6. The van der Waals surface area contributed by atoms with E-state index >= 15 is 0 Å². The first-order valence-corrected chi connectivity index (χ1v) is 13.2. The number of para-hydroxylation sites is 1. The van der Waals surface area contributed by atoms with Gasteiger partial charge in [0.2, 0.25) is 11.8 Å². The number of benzene rings is 3. The lowest BCUT2D eigenvalue weighted by molar-refractivity contribution is -0.127. The van der Waals surface area contributed by atoms with Gasteiger partial charge in [0.05, 0.1) is 19.7 Å². The van der Waals surface area contributed by atoms with Gasteiger partial charge in [0.15, 0.2) is 0 Å². The monoisotopic (exact) mass is 527 g/mol. The van der Waals surface area contributed by atoms with Gasteiger partial charge in [-0.2, -0.15) is 0 Å². The number of fused-ring (bicyclic) bond motifs is 1. The smallest absolute Gasteiger partial charge is 0.249 e. The fourth-order valence-electron chi connectivity index (χ4n) is 5.21. The Morgan fingerprint density at radius 3 is 2.41 bits per heavy atom. The highest BCUT2D eigenvalue weighted by Gasteiger charge is 2.35. The van der Waals surface area contributed by atoms with E-state index in [1.54, 1.807) is 42.0 Å². The van der Waals surface area contributed by atoms with Crippen molar-refractivity contribution in [2.75, 3.05) is 19.1 Å². The predicted octanol–water partition coefficient (Wildman–Crippen LogP) is 4.59. The molecule has 9 nitrogen and oxygen atoms in total. The van der Waals surface area contributed by atoms with E-state index in [1.807, 2.05) is 55.5 Å². The lowest BCUT2D eigenvalue weighted by atomic mass is 10.0. The van der Waals surface area contributed by atoms with Crippen LogP contribution in [-0.4, -0.2) is 47.1 Å². The average Bonchev–Trinajstić information content (AvgIpc) is 3.61. The molecular weight excluding hydrogens is 494 g/mol. The van der Waals surface area contributed by atoms with Crippen molar-refractivity contribution in [3.8, 4) is 11.5 Å². The molecule has 5 rings (SSSR count). The molecular formula is C30H33N5O4. The maximum absolute atomic E-state index is 14.2. The topological polar surface area (TPSA) is 98.6 Å². The Hall–Kier alpha value is -4.40. The van der Waals surface area contributed by atoms with Crippen LogP contribution in [0, 0.1) is 6.92 Å². The highest BCUT2D eigenvalue weighted by molar-refractivity contribution is 6.01. The molecule has 3 aromatic carbocycles. The summed E-state index contributed by atoms with van der Waals surface area (Å²) in [6.07, 6.45) is 3.98. The van der Waals surface area contributed by atoms with Gasteiger partial charge in [0.1, 0.15) is 29.6 Å². The van der Waals surface area contributed by atoms with Crippen LogP contribution >= 0.6 is 0 Å². The van der Waals surface area contributed by atoms with Crippen LogP contribution in [-0.2, 0) is 16.1 Å². The molecule has 0 unspecified atom stereocenters. The van der Waals surface area contributed by atoms with Crippen molar-refractivity contribution in [3.63, 3.8) is 0 Å². The Morgan fingerprint density at radius 2 is 1.72 bits per heavy atom. The van der Waals surface area contributed by atoms with E-state index in [9.17, 15) is 9.59 Å². The molecule has 1 saturated carbocycles. The molecule has 1 aromatic heterocycles. The van der Waals surface area contributed by atoms with Crippen LogP contribution in [0.4, 0.5) is 5.69 Å². The van der Waals surface area contributed by atoms with Gasteiger partial charge in [-0.15, -0.1) is 5.10 Å². The molecule has 1 N–H and O–H groups in total. The number of rotatable bonds is 9. The first-order valence-electron chi connectivity index (χ1n) is 13.2. The summed E-state index contributed by atoms with van der Waals surface area (Å²) in [5.74, 6) is 0.504. The second-order valence-electron chi connectivity index (χ2n) is 9.88. The zero-order chi connectivity index (χ0) is 27.4. The van der Waals surface area contributed by atoms with Crippen molar-refractivity contribution in [2.45, 2.75) is 51.2 Å². The maximum Gasteiger partial charge on any atom is 0.249 e. The van der Waals surface area contributed by atoms with Gasteiger partial charge in [-0.1, -0.05) is 42.3 Å². The summed E-state index contributed by atoms with van der Waals surface area (Å²) in [7, 11) is 3.12. The van der Waals surface area contributed by atoms with Gasteiger partial charge in [0.25, 0.3) is 0 Å². The summed E-state index contributed by atoms with van der Waals surface area (Å²) in [6.45, 7) is 1.86. The first kappa shape index (κ1) is 26.2. The molecule has 0 saturated heterocycles. The molecule has 1 aliphatic carbocycles. The summed E-state index contributed by atoms with van der Waals surface area (Å²) in [5.41, 5.74) is 3.60. The fourth-order valence-corrected chi connectivity index (χ4v) is 5.21. The largest absolute Gasteiger partial charge is 0.497 e. The second kappa shape index (κ2) is 11.6. The van der Waals surface area contributed by atoms with Gasteiger partial charge in [0, 0.05) is 17.8 Å². The molecule has 0 spiro atoms. The van der Waals surface area contributed by atoms with Crippen molar-refractivity contribution >= 4 is 28.5 Å². The Morgan fingerprint density at radius 1 is 1.00 bits per heavy atom. The lowest BCUT2D eigenvalue weighted by Gasteiger charge is -2.33. The van der Waals surface area contributed by atoms with E-state index in [0.29, 0.717) is 28.3 Å². The van der Waals surface area contributed by atoms with Crippen molar-refractivity contribution in [3.05, 3.63) is 77.9 Å². The number of methoxy groups -OCH3 is 2. The Kier molecular flexibility index (Phi) is 7.76. The highest BCUT2D eigenvalue weighted by atomic mass is 16.5. The van der Waals surface area contributed by atoms with Crippen LogP contribution in [0.3, 0.4) is 0 Å². The van der Waals surface area contributed by atoms with Gasteiger partial charge in [-0.05, 0) is 67.3 Å². The first-order chi connectivity index (χ1) is 19.0. The maximum atomic E-state index is 14.2. The molecule has 1 heterocycles. The number of aromatic nitrogens is 3. The average molecular weight is 528 g/mol. The number of anilines is 1. The third kappa shape index (κ3) is 5.72. The van der Waals surface area contributed by atoms with Crippen LogP contribution in [0.25, 0.3) is 11.0 Å². The number of hydrogen-bond donors (Lipinski definition) is 1. The minimum absolute atomic E-state index is 0.0706. The molecule has 4 aromatic rings. The molecule has 9 heteroatoms. The summed E-state index contributed by atoms with van der Waals surface area (Å²) in [6, 6.07) is 19.5. The summed E-state index contributed by atoms with van der Waals surface area (Å²) in [4.78, 5) is 29.9. The van der Waals surface area contributed by atoms with Crippen molar-refractivity contribution in [1.29, 1.82) is 0 Å². The van der Waals surface area contributed by atoms with E-state index in [4.69, 9.17) is 9.47 Å². The SMILES string of the molecule is COc1cc(OC)cc([C@@H](C(=O)NC2CCCC2)N(C(=O)Cn2nnc3ccccc32)c2cccc(C)c2)c1. The minimum Gasteiger partial charge on any atom is -0.497 e. The van der Waals surface area contributed by atoms with Gasteiger partial charge < -0.3 is 14.8 Å². The Balaban J connectivity index is 1.62. The Bertz CT molecular complexity index is 1460. The number of ether oxygens (including phenoxy) is 2. The second-order valence-corrected chi connectivity index (χ2v) is 9.88. The number of hydrogen-bond acceptors (Lipinski definition) is 6. The van der Waals surface area contributed by atoms with Gasteiger partial charge >= 0.3 is 0 Å². The van der Waals surface area contributed by atoms with E-state index in [-0.39, 0.29) is 24.4 Å². The number of nitrogens with one attached hydrogen (secondary N) is 1. The molecule has 0 bridgehead atoms. The molecule has 1 fully saturated rings. The zero-order valence-electron chi connectivity index (χ0n) is 22.5. The fraction of sp³-hybridized carbons (Fsp3) is 0.333. The molecule has 2 amide bonds.